The summed E-state index contributed by atoms with van der Waals surface area (Å²) in [4.78, 5) is 11.8. The molecule has 0 saturated carbocycles. The van der Waals surface area contributed by atoms with E-state index in [-0.39, 0.29) is 12.5 Å². The Morgan fingerprint density at radius 3 is 2.86 bits per heavy atom. The van der Waals surface area contributed by atoms with Crippen molar-refractivity contribution >= 4 is 11.6 Å². The summed E-state index contributed by atoms with van der Waals surface area (Å²) in [5, 5.41) is 15.3. The third-order valence-electron chi connectivity index (χ3n) is 3.11. The monoisotopic (exact) mass is 294 g/mol. The third kappa shape index (κ3) is 4.91. The Hall–Kier alpha value is -1.79. The normalized spacial score (nSPS) is 14.6. The van der Waals surface area contributed by atoms with Gasteiger partial charge >= 0.3 is 0 Å². The maximum Gasteiger partial charge on any atom is 0.238 e. The molecule has 6 nitrogen and oxygen atoms in total. The summed E-state index contributed by atoms with van der Waals surface area (Å²) in [6, 6.07) is 5.30. The number of carbonyl (C=O) groups is 1. The number of nitrogens with one attached hydrogen (secondary N) is 2. The van der Waals surface area contributed by atoms with E-state index in [0.29, 0.717) is 36.9 Å². The predicted molar refractivity (Wildman–Crippen MR) is 79.8 cm³/mol. The van der Waals surface area contributed by atoms with Gasteiger partial charge in [0.15, 0.2) is 11.5 Å². The minimum Gasteiger partial charge on any atom is -0.486 e. The Labute approximate surface area is 124 Å². The van der Waals surface area contributed by atoms with Crippen molar-refractivity contribution in [1.29, 1.82) is 0 Å². The molecule has 0 radical (unpaired) electrons. The van der Waals surface area contributed by atoms with Crippen molar-refractivity contribution in [3.63, 3.8) is 0 Å². The van der Waals surface area contributed by atoms with Crippen LogP contribution in [0.15, 0.2) is 18.2 Å². The zero-order valence-electron chi connectivity index (χ0n) is 12.2. The lowest BCUT2D eigenvalue weighted by atomic mass is 10.2. The van der Waals surface area contributed by atoms with Gasteiger partial charge in [0.1, 0.15) is 13.2 Å². The predicted octanol–water partition coefficient (Wildman–Crippen LogP) is 1.15. The van der Waals surface area contributed by atoms with Crippen molar-refractivity contribution in [2.75, 3.05) is 31.6 Å². The highest BCUT2D eigenvalue weighted by Gasteiger charge is 2.12. The Morgan fingerprint density at radius 1 is 1.33 bits per heavy atom. The number of fused-ring (bicyclic) bond motifs is 1. The lowest BCUT2D eigenvalue weighted by Gasteiger charge is -2.19. The molecule has 1 atom stereocenters. The second kappa shape index (κ2) is 7.85. The smallest absolute Gasteiger partial charge is 0.238 e. The number of hydrogen-bond donors (Lipinski definition) is 3. The molecule has 0 aromatic heterocycles. The molecule has 21 heavy (non-hydrogen) atoms. The largest absolute Gasteiger partial charge is 0.486 e. The summed E-state index contributed by atoms with van der Waals surface area (Å²) >= 11 is 0. The average Bonchev–Trinajstić information content (AvgIpc) is 2.47. The molecule has 0 fully saturated rings. The number of aliphatic hydroxyl groups excluding tert-OH is 1. The molecule has 1 aliphatic heterocycles. The number of amides is 1. The maximum atomic E-state index is 11.8. The summed E-state index contributed by atoms with van der Waals surface area (Å²) in [7, 11) is 0. The molecular weight excluding hydrogens is 272 g/mol. The van der Waals surface area contributed by atoms with Gasteiger partial charge in [0.2, 0.25) is 5.91 Å². The van der Waals surface area contributed by atoms with Crippen LogP contribution in [-0.2, 0) is 4.79 Å². The topological polar surface area (TPSA) is 79.8 Å². The SMILES string of the molecule is CCCC(O)CNCC(=O)Nc1ccc2c(c1)OCCO2. The van der Waals surface area contributed by atoms with Crippen molar-refractivity contribution < 1.29 is 19.4 Å². The summed E-state index contributed by atoms with van der Waals surface area (Å²) < 4.78 is 10.9. The molecule has 1 aliphatic rings. The van der Waals surface area contributed by atoms with Crippen LogP contribution in [0, 0.1) is 0 Å². The van der Waals surface area contributed by atoms with Gasteiger partial charge in [-0.2, -0.15) is 0 Å². The standard InChI is InChI=1S/C15H22N2O4/c1-2-3-12(18)9-16-10-15(19)17-11-4-5-13-14(8-11)21-7-6-20-13/h4-5,8,12,16,18H,2-3,6-7,9-10H2,1H3,(H,17,19). The van der Waals surface area contributed by atoms with Gasteiger partial charge in [-0.3, -0.25) is 4.79 Å². The molecule has 1 aromatic carbocycles. The van der Waals surface area contributed by atoms with Crippen molar-refractivity contribution in [3.05, 3.63) is 18.2 Å². The molecule has 6 heteroatoms. The first kappa shape index (κ1) is 15.6. The fraction of sp³-hybridized carbons (Fsp3) is 0.533. The second-order valence-corrected chi connectivity index (χ2v) is 4.98. The number of anilines is 1. The first-order chi connectivity index (χ1) is 10.2. The van der Waals surface area contributed by atoms with E-state index in [1.54, 1.807) is 18.2 Å². The Balaban J connectivity index is 1.77. The zero-order valence-corrected chi connectivity index (χ0v) is 12.2. The first-order valence-corrected chi connectivity index (χ1v) is 7.27. The summed E-state index contributed by atoms with van der Waals surface area (Å²) in [5.41, 5.74) is 0.667. The fourth-order valence-electron chi connectivity index (χ4n) is 2.11. The van der Waals surface area contributed by atoms with Gasteiger partial charge in [0.05, 0.1) is 12.6 Å². The minimum absolute atomic E-state index is 0.157. The highest BCUT2D eigenvalue weighted by molar-refractivity contribution is 5.92. The zero-order chi connectivity index (χ0) is 15.1. The second-order valence-electron chi connectivity index (χ2n) is 4.98. The van der Waals surface area contributed by atoms with E-state index in [2.05, 4.69) is 10.6 Å². The van der Waals surface area contributed by atoms with Crippen LogP contribution in [0.25, 0.3) is 0 Å². The maximum absolute atomic E-state index is 11.8. The number of aliphatic hydroxyl groups is 1. The number of rotatable bonds is 7. The Morgan fingerprint density at radius 2 is 2.10 bits per heavy atom. The van der Waals surface area contributed by atoms with Gasteiger partial charge in [0.25, 0.3) is 0 Å². The summed E-state index contributed by atoms with van der Waals surface area (Å²) in [6.07, 6.45) is 1.25. The van der Waals surface area contributed by atoms with Crippen LogP contribution < -0.4 is 20.1 Å². The van der Waals surface area contributed by atoms with E-state index in [1.165, 1.54) is 0 Å². The molecule has 1 unspecified atom stereocenters. The lowest BCUT2D eigenvalue weighted by Crippen LogP contribution is -2.33. The van der Waals surface area contributed by atoms with Crippen LogP contribution in [0.2, 0.25) is 0 Å². The fourth-order valence-corrected chi connectivity index (χ4v) is 2.11. The van der Waals surface area contributed by atoms with Crippen LogP contribution in [0.1, 0.15) is 19.8 Å². The molecule has 0 bridgehead atoms. The van der Waals surface area contributed by atoms with Gasteiger partial charge < -0.3 is 25.2 Å². The highest BCUT2D eigenvalue weighted by atomic mass is 16.6. The van der Waals surface area contributed by atoms with Gasteiger partial charge in [-0.25, -0.2) is 0 Å². The van der Waals surface area contributed by atoms with E-state index in [1.807, 2.05) is 6.92 Å². The van der Waals surface area contributed by atoms with Gasteiger partial charge in [-0.05, 0) is 18.6 Å². The molecule has 1 amide bonds. The van der Waals surface area contributed by atoms with Crippen LogP contribution in [0.4, 0.5) is 5.69 Å². The quantitative estimate of drug-likeness (QED) is 0.703. The van der Waals surface area contributed by atoms with Crippen molar-refractivity contribution in [2.24, 2.45) is 0 Å². The molecule has 3 N–H and O–H groups in total. The third-order valence-corrected chi connectivity index (χ3v) is 3.11. The molecule has 1 heterocycles. The molecule has 116 valence electrons. The summed E-state index contributed by atoms with van der Waals surface area (Å²) in [6.45, 7) is 3.65. The molecule has 0 spiro atoms. The first-order valence-electron chi connectivity index (χ1n) is 7.27. The van der Waals surface area contributed by atoms with Crippen LogP contribution in [-0.4, -0.2) is 43.4 Å². The average molecular weight is 294 g/mol. The van der Waals surface area contributed by atoms with Crippen molar-refractivity contribution in [1.82, 2.24) is 5.32 Å². The molecule has 2 rings (SSSR count). The molecule has 0 saturated heterocycles. The van der Waals surface area contributed by atoms with Gasteiger partial charge in [-0.15, -0.1) is 0 Å². The number of benzene rings is 1. The van der Waals surface area contributed by atoms with Crippen molar-refractivity contribution in [3.8, 4) is 11.5 Å². The number of hydrogen-bond acceptors (Lipinski definition) is 5. The molecular formula is C15H22N2O4. The minimum atomic E-state index is -0.405. The number of ether oxygens (including phenoxy) is 2. The van der Waals surface area contributed by atoms with Crippen LogP contribution in [0.5, 0.6) is 11.5 Å². The van der Waals surface area contributed by atoms with E-state index < -0.39 is 6.10 Å². The van der Waals surface area contributed by atoms with E-state index >= 15 is 0 Å². The Bertz CT molecular complexity index is 479. The van der Waals surface area contributed by atoms with E-state index in [9.17, 15) is 9.90 Å². The van der Waals surface area contributed by atoms with Crippen LogP contribution >= 0.6 is 0 Å². The van der Waals surface area contributed by atoms with Gasteiger partial charge in [-0.1, -0.05) is 13.3 Å². The molecule has 1 aromatic rings. The highest BCUT2D eigenvalue weighted by Crippen LogP contribution is 2.32. The van der Waals surface area contributed by atoms with Crippen molar-refractivity contribution in [2.45, 2.75) is 25.9 Å². The van der Waals surface area contributed by atoms with E-state index in [4.69, 9.17) is 9.47 Å². The lowest BCUT2D eigenvalue weighted by molar-refractivity contribution is -0.115. The summed E-state index contributed by atoms with van der Waals surface area (Å²) in [5.74, 6) is 1.18. The molecule has 0 aliphatic carbocycles. The van der Waals surface area contributed by atoms with Crippen LogP contribution in [0.3, 0.4) is 0 Å². The van der Waals surface area contributed by atoms with Gasteiger partial charge in [0, 0.05) is 18.3 Å². The number of carbonyl (C=O) groups excluding carboxylic acids is 1. The Kier molecular flexibility index (Phi) is 5.83. The van der Waals surface area contributed by atoms with E-state index in [0.717, 1.165) is 12.8 Å².